The van der Waals surface area contributed by atoms with Crippen molar-refractivity contribution >= 4 is 5.91 Å². The minimum Gasteiger partial charge on any atom is -0.353 e. The van der Waals surface area contributed by atoms with Crippen molar-refractivity contribution in [2.75, 3.05) is 0 Å². The molecule has 3 rings (SSSR count). The first kappa shape index (κ1) is 15.5. The van der Waals surface area contributed by atoms with Gasteiger partial charge in [-0.05, 0) is 50.2 Å². The number of rotatable bonds is 5. The van der Waals surface area contributed by atoms with E-state index in [1.807, 2.05) is 13.0 Å². The highest BCUT2D eigenvalue weighted by Crippen LogP contribution is 2.27. The van der Waals surface area contributed by atoms with Gasteiger partial charge in [-0.25, -0.2) is 4.39 Å². The lowest BCUT2D eigenvalue weighted by Crippen LogP contribution is -2.49. The van der Waals surface area contributed by atoms with Gasteiger partial charge in [0.1, 0.15) is 5.82 Å². The number of amides is 1. The normalized spacial score (nSPS) is 28.4. The quantitative estimate of drug-likeness (QED) is 0.878. The Bertz CT molecular complexity index is 522. The highest BCUT2D eigenvalue weighted by molar-refractivity contribution is 5.78. The molecule has 1 aromatic rings. The fraction of sp³-hybridized carbons (Fsp3) is 0.611. The van der Waals surface area contributed by atoms with Gasteiger partial charge in [-0.2, -0.15) is 0 Å². The fourth-order valence-corrected chi connectivity index (χ4v) is 3.72. The van der Waals surface area contributed by atoms with Crippen LogP contribution in [0.4, 0.5) is 4.39 Å². The van der Waals surface area contributed by atoms with Gasteiger partial charge in [0.15, 0.2) is 0 Å². The second-order valence-electron chi connectivity index (χ2n) is 6.85. The fourth-order valence-electron chi connectivity index (χ4n) is 3.72. The van der Waals surface area contributed by atoms with Gasteiger partial charge in [0.2, 0.25) is 5.91 Å². The predicted molar refractivity (Wildman–Crippen MR) is 85.0 cm³/mol. The summed E-state index contributed by atoms with van der Waals surface area (Å²) in [4.78, 5) is 12.3. The number of benzene rings is 1. The van der Waals surface area contributed by atoms with E-state index >= 15 is 0 Å². The van der Waals surface area contributed by atoms with E-state index in [0.29, 0.717) is 36.5 Å². The zero-order valence-electron chi connectivity index (χ0n) is 13.1. The largest absolute Gasteiger partial charge is 0.353 e. The molecule has 2 aliphatic rings. The molecular formula is C18H25FN2O. The lowest BCUT2D eigenvalue weighted by Gasteiger charge is -2.30. The first-order valence-corrected chi connectivity index (χ1v) is 8.41. The number of nitrogens with one attached hydrogen (secondary N) is 2. The van der Waals surface area contributed by atoms with Crippen LogP contribution in [0.3, 0.4) is 0 Å². The summed E-state index contributed by atoms with van der Waals surface area (Å²) in [5.41, 5.74) is 0.696. The van der Waals surface area contributed by atoms with Gasteiger partial charge in [-0.1, -0.05) is 25.1 Å². The average molecular weight is 304 g/mol. The van der Waals surface area contributed by atoms with Crippen molar-refractivity contribution in [2.24, 2.45) is 5.92 Å². The van der Waals surface area contributed by atoms with E-state index in [-0.39, 0.29) is 17.6 Å². The minimum atomic E-state index is -0.176. The summed E-state index contributed by atoms with van der Waals surface area (Å²) in [5.74, 6) is -0.139. The number of carbonyl (C=O) groups excluding carboxylic acids is 1. The molecule has 0 aromatic heterocycles. The Morgan fingerprint density at radius 2 is 2.00 bits per heavy atom. The van der Waals surface area contributed by atoms with Crippen LogP contribution in [0.1, 0.15) is 44.6 Å². The molecule has 2 heterocycles. The van der Waals surface area contributed by atoms with Gasteiger partial charge >= 0.3 is 0 Å². The highest BCUT2D eigenvalue weighted by atomic mass is 19.1. The third kappa shape index (κ3) is 3.67. The Balaban J connectivity index is 1.47. The lowest BCUT2D eigenvalue weighted by molar-refractivity contribution is -0.125. The van der Waals surface area contributed by atoms with Crippen molar-refractivity contribution in [3.63, 3.8) is 0 Å². The summed E-state index contributed by atoms with van der Waals surface area (Å²) in [6.07, 6.45) is 5.85. The maximum atomic E-state index is 13.6. The molecule has 2 saturated heterocycles. The van der Waals surface area contributed by atoms with Crippen molar-refractivity contribution in [1.29, 1.82) is 0 Å². The number of fused-ring (bicyclic) bond motifs is 2. The molecule has 120 valence electrons. The van der Waals surface area contributed by atoms with Crippen LogP contribution in [0.2, 0.25) is 0 Å². The van der Waals surface area contributed by atoms with Crippen LogP contribution in [-0.4, -0.2) is 24.0 Å². The molecule has 0 aliphatic carbocycles. The molecule has 2 N–H and O–H groups in total. The second kappa shape index (κ2) is 6.78. The van der Waals surface area contributed by atoms with Crippen molar-refractivity contribution in [3.05, 3.63) is 35.6 Å². The number of hydrogen-bond donors (Lipinski definition) is 2. The first-order chi connectivity index (χ1) is 10.6. The molecule has 0 saturated carbocycles. The van der Waals surface area contributed by atoms with Crippen LogP contribution in [-0.2, 0) is 11.2 Å². The SMILES string of the molecule is CC(CCc1ccccc1F)C(=O)NC1CC2CCC(C1)N2. The first-order valence-electron chi connectivity index (χ1n) is 8.41. The molecule has 3 unspecified atom stereocenters. The van der Waals surface area contributed by atoms with Crippen LogP contribution in [0.25, 0.3) is 0 Å². The molecule has 22 heavy (non-hydrogen) atoms. The standard InChI is InChI=1S/C18H25FN2O/c1-12(6-7-13-4-2-3-5-17(13)19)18(22)21-16-10-14-8-9-15(11-16)20-14/h2-5,12,14-16,20H,6-11H2,1H3,(H,21,22). The van der Waals surface area contributed by atoms with Gasteiger partial charge < -0.3 is 10.6 Å². The minimum absolute atomic E-state index is 0.0767. The van der Waals surface area contributed by atoms with Crippen molar-refractivity contribution in [2.45, 2.75) is 63.6 Å². The van der Waals surface area contributed by atoms with E-state index in [1.165, 1.54) is 18.9 Å². The third-order valence-electron chi connectivity index (χ3n) is 5.07. The van der Waals surface area contributed by atoms with Crippen LogP contribution in [0, 0.1) is 11.7 Å². The molecule has 0 radical (unpaired) electrons. The third-order valence-corrected chi connectivity index (χ3v) is 5.07. The van der Waals surface area contributed by atoms with Crippen LogP contribution in [0.5, 0.6) is 0 Å². The maximum absolute atomic E-state index is 13.6. The summed E-state index contributed by atoms with van der Waals surface area (Å²) < 4.78 is 13.6. The average Bonchev–Trinajstić information content (AvgIpc) is 2.85. The molecule has 3 atom stereocenters. The zero-order chi connectivity index (χ0) is 15.5. The number of aryl methyl sites for hydroxylation is 1. The Morgan fingerprint density at radius 1 is 1.32 bits per heavy atom. The molecule has 0 spiro atoms. The second-order valence-corrected chi connectivity index (χ2v) is 6.85. The van der Waals surface area contributed by atoms with Crippen molar-refractivity contribution in [1.82, 2.24) is 10.6 Å². The lowest BCUT2D eigenvalue weighted by atomic mass is 9.96. The van der Waals surface area contributed by atoms with Gasteiger partial charge in [0.05, 0.1) is 0 Å². The van der Waals surface area contributed by atoms with Crippen molar-refractivity contribution in [3.8, 4) is 0 Å². The predicted octanol–water partition coefficient (Wildman–Crippen LogP) is 2.79. The molecule has 4 heteroatoms. The Morgan fingerprint density at radius 3 is 2.68 bits per heavy atom. The summed E-state index contributed by atoms with van der Waals surface area (Å²) in [6.45, 7) is 1.94. The van der Waals surface area contributed by atoms with Crippen LogP contribution in [0.15, 0.2) is 24.3 Å². The molecule has 1 amide bonds. The Hall–Kier alpha value is -1.42. The van der Waals surface area contributed by atoms with E-state index < -0.39 is 0 Å². The Labute approximate surface area is 131 Å². The number of piperidine rings is 1. The van der Waals surface area contributed by atoms with Crippen LogP contribution >= 0.6 is 0 Å². The van der Waals surface area contributed by atoms with E-state index in [0.717, 1.165) is 12.8 Å². The Kier molecular flexibility index (Phi) is 4.77. The van der Waals surface area contributed by atoms with Gasteiger partial charge in [0, 0.05) is 24.0 Å². The summed E-state index contributed by atoms with van der Waals surface area (Å²) in [7, 11) is 0. The molecule has 1 aromatic carbocycles. The van der Waals surface area contributed by atoms with Crippen LogP contribution < -0.4 is 10.6 Å². The number of carbonyl (C=O) groups is 1. The van der Waals surface area contributed by atoms with E-state index in [2.05, 4.69) is 10.6 Å². The van der Waals surface area contributed by atoms with E-state index in [9.17, 15) is 9.18 Å². The topological polar surface area (TPSA) is 41.1 Å². The molecular weight excluding hydrogens is 279 g/mol. The summed E-state index contributed by atoms with van der Waals surface area (Å²) in [6, 6.07) is 8.28. The maximum Gasteiger partial charge on any atom is 0.223 e. The van der Waals surface area contributed by atoms with Crippen molar-refractivity contribution < 1.29 is 9.18 Å². The highest BCUT2D eigenvalue weighted by Gasteiger charge is 2.34. The number of hydrogen-bond acceptors (Lipinski definition) is 2. The van der Waals surface area contributed by atoms with E-state index in [4.69, 9.17) is 0 Å². The van der Waals surface area contributed by atoms with Gasteiger partial charge in [-0.15, -0.1) is 0 Å². The van der Waals surface area contributed by atoms with Gasteiger partial charge in [-0.3, -0.25) is 4.79 Å². The summed E-state index contributed by atoms with van der Waals surface area (Å²) in [5, 5.41) is 6.78. The van der Waals surface area contributed by atoms with Gasteiger partial charge in [0.25, 0.3) is 0 Å². The summed E-state index contributed by atoms with van der Waals surface area (Å²) >= 11 is 0. The van der Waals surface area contributed by atoms with E-state index in [1.54, 1.807) is 12.1 Å². The monoisotopic (exact) mass is 304 g/mol. The number of halogens is 1. The molecule has 2 aliphatic heterocycles. The molecule has 2 bridgehead atoms. The molecule has 3 nitrogen and oxygen atoms in total. The smallest absolute Gasteiger partial charge is 0.223 e. The zero-order valence-corrected chi connectivity index (χ0v) is 13.1. The molecule has 2 fully saturated rings.